The topological polar surface area (TPSA) is 81.7 Å². The summed E-state index contributed by atoms with van der Waals surface area (Å²) in [4.78, 5) is 4.31. The van der Waals surface area contributed by atoms with Crippen LogP contribution >= 0.6 is 0 Å². The third kappa shape index (κ3) is 3.65. The van der Waals surface area contributed by atoms with Gasteiger partial charge in [0.25, 0.3) is 11.8 Å². The molecule has 21 heavy (non-hydrogen) atoms. The molecule has 2 aromatic heterocycles. The van der Waals surface area contributed by atoms with Gasteiger partial charge in [-0.3, -0.25) is 0 Å². The molecule has 0 fully saturated rings. The minimum absolute atomic E-state index is 0.526. The monoisotopic (exact) mass is 284 g/mol. The van der Waals surface area contributed by atoms with E-state index >= 15 is 0 Å². The van der Waals surface area contributed by atoms with Crippen LogP contribution < -0.4 is 5.32 Å². The van der Waals surface area contributed by atoms with Crippen molar-refractivity contribution in [2.75, 3.05) is 11.9 Å². The Balaban J connectivity index is 1.43. The lowest BCUT2D eigenvalue weighted by atomic mass is 10.2. The Morgan fingerprint density at radius 1 is 1.05 bits per heavy atom. The van der Waals surface area contributed by atoms with Crippen LogP contribution in [0, 0.1) is 0 Å². The summed E-state index contributed by atoms with van der Waals surface area (Å²) in [7, 11) is 0. The van der Waals surface area contributed by atoms with Gasteiger partial charge in [-0.25, -0.2) is 0 Å². The average Bonchev–Trinajstić information content (AvgIpc) is 3.19. The summed E-state index contributed by atoms with van der Waals surface area (Å²) >= 11 is 0. The first kappa shape index (κ1) is 13.3. The zero-order valence-corrected chi connectivity index (χ0v) is 11.5. The summed E-state index contributed by atoms with van der Waals surface area (Å²) in [5.74, 6) is 1.06. The molecule has 3 aromatic rings. The van der Waals surface area contributed by atoms with Gasteiger partial charge >= 0.3 is 0 Å². The van der Waals surface area contributed by atoms with Crippen LogP contribution in [0.4, 0.5) is 5.95 Å². The standard InChI is InChI=1S/C14H16N6O/c1-2-6-12(7-3-1)13-18-14(19-21-13)15-8-4-5-9-20-10-16-17-11-20/h1-3,6-7,10-11H,4-5,8-9H2,(H,15,19). The Morgan fingerprint density at radius 2 is 1.86 bits per heavy atom. The van der Waals surface area contributed by atoms with Crippen LogP contribution in [-0.4, -0.2) is 31.4 Å². The maximum atomic E-state index is 5.22. The number of unbranched alkanes of at least 4 members (excludes halogenated alkanes) is 1. The van der Waals surface area contributed by atoms with Crippen molar-refractivity contribution in [2.24, 2.45) is 0 Å². The van der Waals surface area contributed by atoms with Crippen molar-refractivity contribution in [1.29, 1.82) is 0 Å². The summed E-state index contributed by atoms with van der Waals surface area (Å²) in [5, 5.41) is 14.6. The lowest BCUT2D eigenvalue weighted by molar-refractivity contribution is 0.432. The van der Waals surface area contributed by atoms with Crippen LogP contribution in [-0.2, 0) is 6.54 Å². The predicted octanol–water partition coefficient (Wildman–Crippen LogP) is 2.22. The molecule has 0 aliphatic rings. The highest BCUT2D eigenvalue weighted by Crippen LogP contribution is 2.17. The second-order valence-corrected chi connectivity index (χ2v) is 4.62. The van der Waals surface area contributed by atoms with Crippen LogP contribution in [0.5, 0.6) is 0 Å². The molecule has 0 spiro atoms. The van der Waals surface area contributed by atoms with E-state index < -0.39 is 0 Å². The van der Waals surface area contributed by atoms with Crippen molar-refractivity contribution < 1.29 is 4.52 Å². The zero-order valence-electron chi connectivity index (χ0n) is 11.5. The second-order valence-electron chi connectivity index (χ2n) is 4.62. The number of hydrogen-bond acceptors (Lipinski definition) is 6. The molecule has 0 radical (unpaired) electrons. The van der Waals surface area contributed by atoms with Crippen LogP contribution in [0.25, 0.3) is 11.5 Å². The van der Waals surface area contributed by atoms with E-state index in [2.05, 4.69) is 25.7 Å². The molecule has 1 aromatic carbocycles. The van der Waals surface area contributed by atoms with Crippen molar-refractivity contribution in [2.45, 2.75) is 19.4 Å². The maximum absolute atomic E-state index is 5.22. The first-order chi connectivity index (χ1) is 10.4. The lowest BCUT2D eigenvalue weighted by Gasteiger charge is -2.01. The largest absolute Gasteiger partial charge is 0.352 e. The molecule has 0 atom stereocenters. The molecule has 0 aliphatic carbocycles. The molecule has 0 aliphatic heterocycles. The Kier molecular flexibility index (Phi) is 4.21. The lowest BCUT2D eigenvalue weighted by Crippen LogP contribution is -2.04. The van der Waals surface area contributed by atoms with Gasteiger partial charge in [-0.15, -0.1) is 10.2 Å². The van der Waals surface area contributed by atoms with E-state index in [0.717, 1.165) is 31.5 Å². The molecule has 1 N–H and O–H groups in total. The van der Waals surface area contributed by atoms with E-state index in [1.54, 1.807) is 12.7 Å². The molecule has 0 saturated carbocycles. The van der Waals surface area contributed by atoms with Gasteiger partial charge in [0.1, 0.15) is 12.7 Å². The fourth-order valence-electron chi connectivity index (χ4n) is 1.95. The smallest absolute Gasteiger partial charge is 0.263 e. The van der Waals surface area contributed by atoms with Gasteiger partial charge in [0.05, 0.1) is 0 Å². The average molecular weight is 284 g/mol. The minimum atomic E-state index is 0.526. The quantitative estimate of drug-likeness (QED) is 0.670. The van der Waals surface area contributed by atoms with Gasteiger partial charge in [-0.2, -0.15) is 4.98 Å². The number of hydrogen-bond donors (Lipinski definition) is 1. The molecule has 0 saturated heterocycles. The molecule has 0 bridgehead atoms. The van der Waals surface area contributed by atoms with Gasteiger partial charge < -0.3 is 14.4 Å². The molecule has 0 unspecified atom stereocenters. The number of nitrogens with zero attached hydrogens (tertiary/aromatic N) is 5. The van der Waals surface area contributed by atoms with E-state index in [1.807, 2.05) is 34.9 Å². The first-order valence-corrected chi connectivity index (χ1v) is 6.87. The van der Waals surface area contributed by atoms with Crippen molar-refractivity contribution in [3.05, 3.63) is 43.0 Å². The van der Waals surface area contributed by atoms with E-state index in [-0.39, 0.29) is 0 Å². The van der Waals surface area contributed by atoms with E-state index in [4.69, 9.17) is 4.52 Å². The molecule has 7 heteroatoms. The van der Waals surface area contributed by atoms with E-state index in [9.17, 15) is 0 Å². The number of aryl methyl sites for hydroxylation is 1. The molecular weight excluding hydrogens is 268 g/mol. The highest BCUT2D eigenvalue weighted by atomic mass is 16.5. The van der Waals surface area contributed by atoms with Crippen molar-refractivity contribution in [3.8, 4) is 11.5 Å². The van der Waals surface area contributed by atoms with Crippen molar-refractivity contribution in [1.82, 2.24) is 24.9 Å². The SMILES string of the molecule is c1ccc(-c2nc(NCCCCn3cnnc3)no2)cc1. The van der Waals surface area contributed by atoms with Gasteiger partial charge in [0.15, 0.2) is 0 Å². The van der Waals surface area contributed by atoms with E-state index in [1.165, 1.54) is 0 Å². The number of anilines is 1. The fourth-order valence-corrected chi connectivity index (χ4v) is 1.95. The Morgan fingerprint density at radius 3 is 2.67 bits per heavy atom. The molecule has 3 rings (SSSR count). The van der Waals surface area contributed by atoms with Crippen molar-refractivity contribution >= 4 is 5.95 Å². The summed E-state index contributed by atoms with van der Waals surface area (Å²) in [5.41, 5.74) is 0.922. The zero-order chi connectivity index (χ0) is 14.3. The van der Waals surface area contributed by atoms with Crippen LogP contribution in [0.2, 0.25) is 0 Å². The summed E-state index contributed by atoms with van der Waals surface area (Å²) in [6.45, 7) is 1.71. The van der Waals surface area contributed by atoms with Gasteiger partial charge in [0.2, 0.25) is 0 Å². The Bertz CT molecular complexity index is 649. The molecular formula is C14H16N6O. The third-order valence-electron chi connectivity index (χ3n) is 3.04. The molecule has 7 nitrogen and oxygen atoms in total. The van der Waals surface area contributed by atoms with E-state index in [0.29, 0.717) is 11.8 Å². The molecule has 2 heterocycles. The third-order valence-corrected chi connectivity index (χ3v) is 3.04. The van der Waals surface area contributed by atoms with Crippen LogP contribution in [0.15, 0.2) is 47.5 Å². The maximum Gasteiger partial charge on any atom is 0.263 e. The first-order valence-electron chi connectivity index (χ1n) is 6.87. The van der Waals surface area contributed by atoms with Crippen molar-refractivity contribution in [3.63, 3.8) is 0 Å². The molecule has 108 valence electrons. The normalized spacial score (nSPS) is 10.7. The predicted molar refractivity (Wildman–Crippen MR) is 77.5 cm³/mol. The highest BCUT2D eigenvalue weighted by molar-refractivity contribution is 5.53. The number of rotatable bonds is 7. The number of aromatic nitrogens is 5. The Hall–Kier alpha value is -2.70. The summed E-state index contributed by atoms with van der Waals surface area (Å²) in [6.07, 6.45) is 5.49. The van der Waals surface area contributed by atoms with Gasteiger partial charge in [-0.05, 0) is 30.1 Å². The second kappa shape index (κ2) is 6.65. The highest BCUT2D eigenvalue weighted by Gasteiger charge is 2.07. The van der Waals surface area contributed by atoms with Gasteiger partial charge in [-0.1, -0.05) is 18.2 Å². The fraction of sp³-hybridized carbons (Fsp3) is 0.286. The van der Waals surface area contributed by atoms with Crippen LogP contribution in [0.3, 0.4) is 0 Å². The Labute approximate surface area is 122 Å². The summed E-state index contributed by atoms with van der Waals surface area (Å²) in [6, 6.07) is 9.72. The number of benzene rings is 1. The minimum Gasteiger partial charge on any atom is -0.352 e. The van der Waals surface area contributed by atoms with Crippen LogP contribution in [0.1, 0.15) is 12.8 Å². The number of nitrogens with one attached hydrogen (secondary N) is 1. The summed E-state index contributed by atoms with van der Waals surface area (Å²) < 4.78 is 7.18. The van der Waals surface area contributed by atoms with Gasteiger partial charge in [0, 0.05) is 18.7 Å². The molecule has 0 amide bonds.